The fourth-order valence-electron chi connectivity index (χ4n) is 4.13. The molecular formula is C24H22F3N9O3S. The number of halogens is 3. The first-order valence-electron chi connectivity index (χ1n) is 12.0. The van der Waals surface area contributed by atoms with Gasteiger partial charge in [-0.25, -0.2) is 4.98 Å². The van der Waals surface area contributed by atoms with Crippen LogP contribution in [0.15, 0.2) is 48.9 Å². The van der Waals surface area contributed by atoms with Crippen LogP contribution in [0.3, 0.4) is 0 Å². The van der Waals surface area contributed by atoms with Crippen molar-refractivity contribution in [2.24, 2.45) is 0 Å². The van der Waals surface area contributed by atoms with Crippen LogP contribution in [-0.4, -0.2) is 68.3 Å². The van der Waals surface area contributed by atoms with Crippen molar-refractivity contribution < 1.29 is 27.5 Å². The molecule has 1 aliphatic rings. The number of carbonyl (C=O) groups is 2. The van der Waals surface area contributed by atoms with Crippen LogP contribution in [0.2, 0.25) is 0 Å². The molecule has 4 heterocycles. The van der Waals surface area contributed by atoms with Crippen molar-refractivity contribution in [3.63, 3.8) is 0 Å². The molecule has 1 aliphatic heterocycles. The van der Waals surface area contributed by atoms with E-state index in [1.165, 1.54) is 47.5 Å². The first kappa shape index (κ1) is 27.0. The molecule has 16 heteroatoms. The van der Waals surface area contributed by atoms with E-state index in [4.69, 9.17) is 0 Å². The third-order valence-electron chi connectivity index (χ3n) is 5.99. The Morgan fingerprint density at radius 2 is 2.00 bits per heavy atom. The van der Waals surface area contributed by atoms with Crippen LogP contribution in [0.5, 0.6) is 5.75 Å². The maximum absolute atomic E-state index is 12.5. The zero-order valence-corrected chi connectivity index (χ0v) is 21.7. The van der Waals surface area contributed by atoms with Gasteiger partial charge in [0.05, 0.1) is 29.8 Å². The number of carbonyl (C=O) groups excluding carboxylic acids is 2. The Bertz CT molecular complexity index is 1510. The number of benzene rings is 1. The largest absolute Gasteiger partial charge is 0.573 e. The van der Waals surface area contributed by atoms with Gasteiger partial charge in [-0.2, -0.15) is 5.10 Å². The number of ether oxygens (including phenoxy) is 1. The van der Waals surface area contributed by atoms with Crippen LogP contribution in [0.1, 0.15) is 33.5 Å². The van der Waals surface area contributed by atoms with Crippen molar-refractivity contribution >= 4 is 34.1 Å². The minimum atomic E-state index is -4.80. The Labute approximate surface area is 229 Å². The van der Waals surface area contributed by atoms with E-state index < -0.39 is 6.36 Å². The average molecular weight is 574 g/mol. The highest BCUT2D eigenvalue weighted by Gasteiger charge is 2.31. The van der Waals surface area contributed by atoms with E-state index in [2.05, 4.69) is 40.7 Å². The average Bonchev–Trinajstić information content (AvgIpc) is 3.69. The van der Waals surface area contributed by atoms with Gasteiger partial charge in [0.25, 0.3) is 5.91 Å². The molecule has 1 atom stereocenters. The first-order valence-corrected chi connectivity index (χ1v) is 12.8. The van der Waals surface area contributed by atoms with Crippen LogP contribution < -0.4 is 20.3 Å². The van der Waals surface area contributed by atoms with E-state index in [1.54, 1.807) is 24.4 Å². The van der Waals surface area contributed by atoms with E-state index in [9.17, 15) is 22.8 Å². The predicted octanol–water partition coefficient (Wildman–Crippen LogP) is 2.95. The smallest absolute Gasteiger partial charge is 0.406 e. The Morgan fingerprint density at radius 3 is 2.75 bits per heavy atom. The molecule has 3 aromatic heterocycles. The number of aromatic nitrogens is 6. The number of nitrogens with zero attached hydrogens (tertiary/aromatic N) is 7. The monoisotopic (exact) mass is 573 g/mol. The lowest BCUT2D eigenvalue weighted by Crippen LogP contribution is -2.19. The van der Waals surface area contributed by atoms with Gasteiger partial charge >= 0.3 is 6.36 Å². The highest BCUT2D eigenvalue weighted by molar-refractivity contribution is 7.17. The highest BCUT2D eigenvalue weighted by Crippen LogP contribution is 2.31. The Balaban J connectivity index is 1.15. The molecule has 1 aromatic carbocycles. The Hall–Kier alpha value is -4.60. The maximum Gasteiger partial charge on any atom is 0.573 e. The first-order chi connectivity index (χ1) is 19.2. The maximum atomic E-state index is 12.5. The van der Waals surface area contributed by atoms with Crippen LogP contribution in [0.4, 0.5) is 24.1 Å². The number of nitrogens with one attached hydrogen (secondary N) is 2. The molecule has 2 amide bonds. The summed E-state index contributed by atoms with van der Waals surface area (Å²) in [7, 11) is 1.54. The highest BCUT2D eigenvalue weighted by atomic mass is 32.1. The summed E-state index contributed by atoms with van der Waals surface area (Å²) in [6, 6.07) is 8.90. The molecule has 0 bridgehead atoms. The van der Waals surface area contributed by atoms with Gasteiger partial charge in [-0.1, -0.05) is 17.4 Å². The number of anilines is 2. The van der Waals surface area contributed by atoms with E-state index >= 15 is 0 Å². The molecule has 208 valence electrons. The van der Waals surface area contributed by atoms with Crippen molar-refractivity contribution in [2.75, 3.05) is 30.4 Å². The SMILES string of the molecule is CNC(=O)c1nnc(N2CCC(c3ccc(NC(=O)Cc4cn(-c5cccc(OC(F)(F)F)c5)cn4)nn3)C2)s1. The Morgan fingerprint density at radius 1 is 1.15 bits per heavy atom. The van der Waals surface area contributed by atoms with Crippen molar-refractivity contribution in [1.29, 1.82) is 0 Å². The summed E-state index contributed by atoms with van der Waals surface area (Å²) in [6.45, 7) is 1.39. The van der Waals surface area contributed by atoms with Gasteiger partial charge in [0, 0.05) is 38.3 Å². The molecular weight excluding hydrogens is 551 g/mol. The molecule has 1 saturated heterocycles. The van der Waals surface area contributed by atoms with Crippen molar-refractivity contribution in [2.45, 2.75) is 25.1 Å². The van der Waals surface area contributed by atoms with Gasteiger partial charge in [0.15, 0.2) is 5.82 Å². The molecule has 0 saturated carbocycles. The van der Waals surface area contributed by atoms with E-state index in [1.807, 2.05) is 4.90 Å². The number of hydrogen-bond donors (Lipinski definition) is 2. The topological polar surface area (TPSA) is 140 Å². The zero-order valence-electron chi connectivity index (χ0n) is 20.9. The normalized spacial score (nSPS) is 15.2. The van der Waals surface area contributed by atoms with Gasteiger partial charge in [-0.3, -0.25) is 9.59 Å². The molecule has 40 heavy (non-hydrogen) atoms. The van der Waals surface area contributed by atoms with Crippen LogP contribution >= 0.6 is 11.3 Å². The molecule has 2 N–H and O–H groups in total. The van der Waals surface area contributed by atoms with E-state index in [-0.39, 0.29) is 35.7 Å². The molecule has 0 radical (unpaired) electrons. The molecule has 1 unspecified atom stereocenters. The molecule has 4 aromatic rings. The third-order valence-corrected chi connectivity index (χ3v) is 6.98. The van der Waals surface area contributed by atoms with Crippen LogP contribution in [0.25, 0.3) is 5.69 Å². The number of amides is 2. The van der Waals surface area contributed by atoms with Crippen molar-refractivity contribution in [1.82, 2.24) is 35.3 Å². The summed E-state index contributed by atoms with van der Waals surface area (Å²) in [6.07, 6.45) is -1.11. The second-order valence-corrected chi connectivity index (χ2v) is 9.74. The lowest BCUT2D eigenvalue weighted by atomic mass is 10.1. The summed E-state index contributed by atoms with van der Waals surface area (Å²) in [5.74, 6) is -0.633. The lowest BCUT2D eigenvalue weighted by molar-refractivity contribution is -0.274. The zero-order chi connectivity index (χ0) is 28.3. The second-order valence-electron chi connectivity index (χ2n) is 8.79. The molecule has 5 rings (SSSR count). The number of alkyl halides is 3. The fraction of sp³-hybridized carbons (Fsp3) is 0.292. The number of hydrogen-bond acceptors (Lipinski definition) is 10. The standard InChI is InChI=1S/C24H22F3N9O3S/c1-28-21(38)22-33-34-23(40-22)35-8-7-14(11-35)18-5-6-19(32-31-18)30-20(37)9-15-12-36(13-29-15)16-3-2-4-17(10-16)39-24(25,26)27/h2-6,10,12-14H,7-9,11H2,1H3,(H,28,38)(H,30,32,37). The Kier molecular flexibility index (Phi) is 7.59. The lowest BCUT2D eigenvalue weighted by Gasteiger charge is -2.13. The van der Waals surface area contributed by atoms with Crippen LogP contribution in [0, 0.1) is 0 Å². The van der Waals surface area contributed by atoms with Gasteiger partial charge in [-0.05, 0) is 30.7 Å². The summed E-state index contributed by atoms with van der Waals surface area (Å²) in [5.41, 5.74) is 1.57. The summed E-state index contributed by atoms with van der Waals surface area (Å²) in [4.78, 5) is 30.5. The fourth-order valence-corrected chi connectivity index (χ4v) is 4.96. The quantitative estimate of drug-likeness (QED) is 0.326. The van der Waals surface area contributed by atoms with E-state index in [0.717, 1.165) is 18.7 Å². The molecule has 1 fully saturated rings. The minimum absolute atomic E-state index is 0.0767. The van der Waals surface area contributed by atoms with Crippen molar-refractivity contribution in [3.05, 3.63) is 65.3 Å². The van der Waals surface area contributed by atoms with Crippen LogP contribution in [-0.2, 0) is 11.2 Å². The molecule has 0 spiro atoms. The number of imidazole rings is 1. The minimum Gasteiger partial charge on any atom is -0.406 e. The van der Waals surface area contributed by atoms with Gasteiger partial charge < -0.3 is 24.8 Å². The summed E-state index contributed by atoms with van der Waals surface area (Å²) < 4.78 is 43.0. The van der Waals surface area contributed by atoms with Gasteiger partial charge in [-0.15, -0.1) is 28.5 Å². The van der Waals surface area contributed by atoms with Gasteiger partial charge in [0.1, 0.15) is 5.75 Å². The second kappa shape index (κ2) is 11.3. The molecule has 0 aliphatic carbocycles. The summed E-state index contributed by atoms with van der Waals surface area (Å²) >= 11 is 1.23. The predicted molar refractivity (Wildman–Crippen MR) is 137 cm³/mol. The van der Waals surface area contributed by atoms with E-state index in [0.29, 0.717) is 28.1 Å². The molecule has 12 nitrogen and oxygen atoms in total. The van der Waals surface area contributed by atoms with Gasteiger partial charge in [0.2, 0.25) is 16.0 Å². The number of rotatable bonds is 8. The van der Waals surface area contributed by atoms with Crippen molar-refractivity contribution in [3.8, 4) is 11.4 Å². The third kappa shape index (κ3) is 6.51. The summed E-state index contributed by atoms with van der Waals surface area (Å²) in [5, 5.41) is 22.6.